The van der Waals surface area contributed by atoms with Gasteiger partial charge in [-0.05, 0) is 42.2 Å². The first-order valence-electron chi connectivity index (χ1n) is 9.88. The first-order valence-corrected chi connectivity index (χ1v) is 9.88. The van der Waals surface area contributed by atoms with Gasteiger partial charge in [-0.25, -0.2) is 0 Å². The molecule has 1 N–H and O–H groups in total. The molecular weight excluding hydrogens is 354 g/mol. The van der Waals surface area contributed by atoms with Crippen LogP contribution in [0.15, 0.2) is 42.5 Å². The fourth-order valence-corrected chi connectivity index (χ4v) is 3.50. The van der Waals surface area contributed by atoms with Crippen molar-refractivity contribution >= 4 is 5.91 Å². The van der Waals surface area contributed by atoms with Crippen molar-refractivity contribution < 1.29 is 19.0 Å². The van der Waals surface area contributed by atoms with Gasteiger partial charge in [0.05, 0.1) is 26.2 Å². The SMILES string of the molecule is CCCCC(NC(=O)C1COc2cc(OC)ccc2C1)c1ccc(OC)cc1. The van der Waals surface area contributed by atoms with Gasteiger partial charge in [-0.3, -0.25) is 4.79 Å². The molecule has 150 valence electrons. The van der Waals surface area contributed by atoms with Gasteiger partial charge in [0.25, 0.3) is 0 Å². The molecule has 1 heterocycles. The molecule has 28 heavy (non-hydrogen) atoms. The van der Waals surface area contributed by atoms with Crippen molar-refractivity contribution in [2.75, 3.05) is 20.8 Å². The Bertz CT molecular complexity index is 788. The predicted octanol–water partition coefficient (Wildman–Crippen LogP) is 4.30. The monoisotopic (exact) mass is 383 g/mol. The van der Waals surface area contributed by atoms with Crippen LogP contribution >= 0.6 is 0 Å². The molecule has 0 saturated heterocycles. The molecule has 5 heteroatoms. The Morgan fingerprint density at radius 2 is 1.86 bits per heavy atom. The molecule has 0 spiro atoms. The number of methoxy groups -OCH3 is 2. The second-order valence-corrected chi connectivity index (χ2v) is 7.16. The van der Waals surface area contributed by atoms with Gasteiger partial charge in [0.1, 0.15) is 23.9 Å². The number of carbonyl (C=O) groups excluding carboxylic acids is 1. The van der Waals surface area contributed by atoms with Gasteiger partial charge < -0.3 is 19.5 Å². The van der Waals surface area contributed by atoms with Crippen LogP contribution in [-0.4, -0.2) is 26.7 Å². The molecule has 2 unspecified atom stereocenters. The van der Waals surface area contributed by atoms with E-state index in [0.29, 0.717) is 13.0 Å². The molecule has 2 aromatic rings. The lowest BCUT2D eigenvalue weighted by Gasteiger charge is -2.27. The van der Waals surface area contributed by atoms with E-state index in [0.717, 1.165) is 47.6 Å². The van der Waals surface area contributed by atoms with Crippen molar-refractivity contribution in [1.82, 2.24) is 5.32 Å². The fraction of sp³-hybridized carbons (Fsp3) is 0.435. The zero-order valence-electron chi connectivity index (χ0n) is 16.9. The maximum absolute atomic E-state index is 13.0. The second-order valence-electron chi connectivity index (χ2n) is 7.16. The van der Waals surface area contributed by atoms with Crippen LogP contribution < -0.4 is 19.5 Å². The molecule has 0 fully saturated rings. The van der Waals surface area contributed by atoms with Crippen molar-refractivity contribution in [1.29, 1.82) is 0 Å². The van der Waals surface area contributed by atoms with Crippen LogP contribution in [0.3, 0.4) is 0 Å². The van der Waals surface area contributed by atoms with Crippen molar-refractivity contribution in [3.8, 4) is 17.2 Å². The highest BCUT2D eigenvalue weighted by atomic mass is 16.5. The zero-order valence-corrected chi connectivity index (χ0v) is 16.9. The minimum Gasteiger partial charge on any atom is -0.497 e. The fourth-order valence-electron chi connectivity index (χ4n) is 3.50. The number of hydrogen-bond acceptors (Lipinski definition) is 4. The number of hydrogen-bond donors (Lipinski definition) is 1. The van der Waals surface area contributed by atoms with E-state index in [9.17, 15) is 4.79 Å². The maximum Gasteiger partial charge on any atom is 0.227 e. The summed E-state index contributed by atoms with van der Waals surface area (Å²) < 4.78 is 16.3. The lowest BCUT2D eigenvalue weighted by Crippen LogP contribution is -2.39. The summed E-state index contributed by atoms with van der Waals surface area (Å²) in [6, 6.07) is 13.7. The summed E-state index contributed by atoms with van der Waals surface area (Å²) >= 11 is 0. The Morgan fingerprint density at radius 3 is 2.54 bits per heavy atom. The predicted molar refractivity (Wildman–Crippen MR) is 109 cm³/mol. The van der Waals surface area contributed by atoms with Gasteiger partial charge in [-0.15, -0.1) is 0 Å². The number of carbonyl (C=O) groups is 1. The average molecular weight is 383 g/mol. The van der Waals surface area contributed by atoms with E-state index in [-0.39, 0.29) is 17.9 Å². The molecule has 0 radical (unpaired) electrons. The highest BCUT2D eigenvalue weighted by Crippen LogP contribution is 2.31. The van der Waals surface area contributed by atoms with E-state index in [1.807, 2.05) is 42.5 Å². The Morgan fingerprint density at radius 1 is 1.14 bits per heavy atom. The summed E-state index contributed by atoms with van der Waals surface area (Å²) in [6.07, 6.45) is 3.73. The molecule has 2 aromatic carbocycles. The van der Waals surface area contributed by atoms with Gasteiger partial charge in [-0.2, -0.15) is 0 Å². The number of amides is 1. The van der Waals surface area contributed by atoms with Crippen LogP contribution in [0.2, 0.25) is 0 Å². The quantitative estimate of drug-likeness (QED) is 0.738. The van der Waals surface area contributed by atoms with Crippen LogP contribution in [0.1, 0.15) is 43.4 Å². The maximum atomic E-state index is 13.0. The van der Waals surface area contributed by atoms with Crippen molar-refractivity contribution in [3.63, 3.8) is 0 Å². The number of ether oxygens (including phenoxy) is 3. The average Bonchev–Trinajstić information content (AvgIpc) is 2.75. The van der Waals surface area contributed by atoms with Crippen LogP contribution in [-0.2, 0) is 11.2 Å². The van der Waals surface area contributed by atoms with Crippen molar-refractivity contribution in [2.24, 2.45) is 5.92 Å². The van der Waals surface area contributed by atoms with Crippen LogP contribution in [0.5, 0.6) is 17.2 Å². The second kappa shape index (κ2) is 9.49. The van der Waals surface area contributed by atoms with E-state index < -0.39 is 0 Å². The largest absolute Gasteiger partial charge is 0.497 e. The first-order chi connectivity index (χ1) is 13.6. The summed E-state index contributed by atoms with van der Waals surface area (Å²) in [6.45, 7) is 2.54. The highest BCUT2D eigenvalue weighted by molar-refractivity contribution is 5.80. The summed E-state index contributed by atoms with van der Waals surface area (Å²) in [7, 11) is 3.29. The van der Waals surface area contributed by atoms with Gasteiger partial charge in [-0.1, -0.05) is 38.0 Å². The number of unbranched alkanes of at least 4 members (excludes halogenated alkanes) is 1. The van der Waals surface area contributed by atoms with Crippen molar-refractivity contribution in [3.05, 3.63) is 53.6 Å². The third kappa shape index (κ3) is 4.77. The van der Waals surface area contributed by atoms with Gasteiger partial charge in [0.15, 0.2) is 0 Å². The molecule has 2 atom stereocenters. The molecule has 1 aliphatic rings. The minimum atomic E-state index is -0.191. The Labute approximate surface area is 167 Å². The van der Waals surface area contributed by atoms with Crippen LogP contribution in [0, 0.1) is 5.92 Å². The zero-order chi connectivity index (χ0) is 19.9. The molecule has 0 saturated carbocycles. The lowest BCUT2D eigenvalue weighted by molar-refractivity contribution is -0.127. The highest BCUT2D eigenvalue weighted by Gasteiger charge is 2.28. The topological polar surface area (TPSA) is 56.8 Å². The van der Waals surface area contributed by atoms with Gasteiger partial charge >= 0.3 is 0 Å². The normalized spacial score (nSPS) is 16.5. The van der Waals surface area contributed by atoms with Gasteiger partial charge in [0, 0.05) is 6.07 Å². The lowest BCUT2D eigenvalue weighted by atomic mass is 9.94. The van der Waals surface area contributed by atoms with E-state index in [1.54, 1.807) is 14.2 Å². The minimum absolute atomic E-state index is 0.00406. The smallest absolute Gasteiger partial charge is 0.227 e. The first kappa shape index (κ1) is 20.1. The number of nitrogens with one attached hydrogen (secondary N) is 1. The van der Waals surface area contributed by atoms with Crippen molar-refractivity contribution in [2.45, 2.75) is 38.6 Å². The summed E-state index contributed by atoms with van der Waals surface area (Å²) in [4.78, 5) is 13.0. The number of rotatable bonds is 8. The molecule has 3 rings (SSSR count). The molecule has 0 aliphatic carbocycles. The van der Waals surface area contributed by atoms with E-state index in [2.05, 4.69) is 12.2 Å². The summed E-state index contributed by atoms with van der Waals surface area (Å²) in [5.41, 5.74) is 2.14. The Hall–Kier alpha value is -2.69. The Balaban J connectivity index is 1.68. The molecule has 1 aliphatic heterocycles. The number of benzene rings is 2. The molecular formula is C23H29NO4. The molecule has 0 aromatic heterocycles. The summed E-state index contributed by atoms with van der Waals surface area (Å²) in [5, 5.41) is 3.24. The Kier molecular flexibility index (Phi) is 6.80. The third-order valence-electron chi connectivity index (χ3n) is 5.23. The third-order valence-corrected chi connectivity index (χ3v) is 5.23. The molecule has 1 amide bonds. The number of fused-ring (bicyclic) bond motifs is 1. The van der Waals surface area contributed by atoms with Crippen LogP contribution in [0.25, 0.3) is 0 Å². The standard InChI is InChI=1S/C23H29NO4/c1-4-5-6-21(16-7-10-19(26-2)11-8-16)24-23(25)18-13-17-9-12-20(27-3)14-22(17)28-15-18/h7-12,14,18,21H,4-6,13,15H2,1-3H3,(H,24,25). The molecule has 0 bridgehead atoms. The van der Waals surface area contributed by atoms with Gasteiger partial charge in [0.2, 0.25) is 5.91 Å². The van der Waals surface area contributed by atoms with E-state index in [4.69, 9.17) is 14.2 Å². The van der Waals surface area contributed by atoms with E-state index in [1.165, 1.54) is 0 Å². The van der Waals surface area contributed by atoms with E-state index >= 15 is 0 Å². The summed E-state index contributed by atoms with van der Waals surface area (Å²) in [5.74, 6) is 2.24. The molecule has 5 nitrogen and oxygen atoms in total. The van der Waals surface area contributed by atoms with Crippen LogP contribution in [0.4, 0.5) is 0 Å².